The minimum atomic E-state index is 0.755. The molecule has 1 aliphatic carbocycles. The van der Waals surface area contributed by atoms with Gasteiger partial charge in [0, 0.05) is 32.7 Å². The summed E-state index contributed by atoms with van der Waals surface area (Å²) in [5.74, 6) is 1.68. The molecule has 1 heterocycles. The minimum Gasteiger partial charge on any atom is -0.330 e. The summed E-state index contributed by atoms with van der Waals surface area (Å²) in [6, 6.07) is 0. The molecule has 1 aliphatic heterocycles. The zero-order chi connectivity index (χ0) is 10.5. The molecule has 0 aromatic carbocycles. The lowest BCUT2D eigenvalue weighted by atomic mass is 9.90. The Morgan fingerprint density at radius 2 is 1.87 bits per heavy atom. The third-order valence-electron chi connectivity index (χ3n) is 4.07. The number of nitrogens with two attached hydrogens (primary N) is 1. The molecule has 3 nitrogen and oxygen atoms in total. The maximum Gasteiger partial charge on any atom is 0.0107 e. The molecule has 3 N–H and O–H groups in total. The Hall–Kier alpha value is -0.120. The van der Waals surface area contributed by atoms with Crippen molar-refractivity contribution in [2.75, 3.05) is 39.3 Å². The van der Waals surface area contributed by atoms with Crippen molar-refractivity contribution in [2.45, 2.75) is 25.7 Å². The van der Waals surface area contributed by atoms with Crippen LogP contribution in [0.15, 0.2) is 0 Å². The summed E-state index contributed by atoms with van der Waals surface area (Å²) in [6.45, 7) is 6.85. The molecule has 1 saturated heterocycles. The summed E-state index contributed by atoms with van der Waals surface area (Å²) in [5, 5.41) is 3.40. The number of nitrogens with one attached hydrogen (secondary N) is 1. The molecule has 0 bridgehead atoms. The second-order valence-electron chi connectivity index (χ2n) is 5.09. The van der Waals surface area contributed by atoms with Crippen LogP contribution in [0.1, 0.15) is 25.7 Å². The first-order chi connectivity index (χ1) is 7.40. The van der Waals surface area contributed by atoms with Crippen LogP contribution in [0.25, 0.3) is 0 Å². The van der Waals surface area contributed by atoms with Gasteiger partial charge in [0.1, 0.15) is 0 Å². The standard InChI is InChI=1S/C12H25N3/c13-9-12(11-3-1-2-4-11)10-15-7-5-14-6-8-15/h11-12,14H,1-10,13H2. The van der Waals surface area contributed by atoms with Gasteiger partial charge < -0.3 is 16.0 Å². The predicted molar refractivity (Wildman–Crippen MR) is 63.8 cm³/mol. The number of hydrogen-bond donors (Lipinski definition) is 2. The lowest BCUT2D eigenvalue weighted by Gasteiger charge is -2.32. The predicted octanol–water partition coefficient (Wildman–Crippen LogP) is 0.657. The van der Waals surface area contributed by atoms with Crippen LogP contribution in [-0.2, 0) is 0 Å². The summed E-state index contributed by atoms with van der Waals surface area (Å²) in [7, 11) is 0. The van der Waals surface area contributed by atoms with Gasteiger partial charge in [-0.15, -0.1) is 0 Å². The Morgan fingerprint density at radius 3 is 2.47 bits per heavy atom. The molecule has 3 heteroatoms. The highest BCUT2D eigenvalue weighted by Crippen LogP contribution is 2.31. The van der Waals surface area contributed by atoms with Crippen LogP contribution >= 0.6 is 0 Å². The molecule has 0 aromatic rings. The Bertz CT molecular complexity index is 172. The topological polar surface area (TPSA) is 41.3 Å². The first-order valence-corrected chi connectivity index (χ1v) is 6.53. The van der Waals surface area contributed by atoms with Gasteiger partial charge in [-0.1, -0.05) is 25.7 Å². The van der Waals surface area contributed by atoms with Gasteiger partial charge in [-0.2, -0.15) is 0 Å². The molecule has 2 fully saturated rings. The molecule has 1 atom stereocenters. The Labute approximate surface area is 93.4 Å². The van der Waals surface area contributed by atoms with Gasteiger partial charge in [-0.3, -0.25) is 0 Å². The van der Waals surface area contributed by atoms with Crippen molar-refractivity contribution >= 4 is 0 Å². The largest absolute Gasteiger partial charge is 0.330 e. The van der Waals surface area contributed by atoms with Crippen molar-refractivity contribution in [1.82, 2.24) is 10.2 Å². The van der Waals surface area contributed by atoms with E-state index in [-0.39, 0.29) is 0 Å². The van der Waals surface area contributed by atoms with Crippen LogP contribution in [0, 0.1) is 11.8 Å². The van der Waals surface area contributed by atoms with Crippen molar-refractivity contribution in [1.29, 1.82) is 0 Å². The molecule has 2 rings (SSSR count). The highest BCUT2D eigenvalue weighted by atomic mass is 15.2. The van der Waals surface area contributed by atoms with E-state index >= 15 is 0 Å². The van der Waals surface area contributed by atoms with Gasteiger partial charge in [-0.25, -0.2) is 0 Å². The van der Waals surface area contributed by atoms with E-state index in [9.17, 15) is 0 Å². The van der Waals surface area contributed by atoms with Crippen molar-refractivity contribution in [3.63, 3.8) is 0 Å². The monoisotopic (exact) mass is 211 g/mol. The number of piperazine rings is 1. The zero-order valence-corrected chi connectivity index (χ0v) is 9.75. The van der Waals surface area contributed by atoms with E-state index in [2.05, 4.69) is 10.2 Å². The molecule has 15 heavy (non-hydrogen) atoms. The molecule has 0 radical (unpaired) electrons. The summed E-state index contributed by atoms with van der Waals surface area (Å²) in [5.41, 5.74) is 5.93. The molecular formula is C12H25N3. The third-order valence-corrected chi connectivity index (χ3v) is 4.07. The van der Waals surface area contributed by atoms with Crippen molar-refractivity contribution in [2.24, 2.45) is 17.6 Å². The van der Waals surface area contributed by atoms with Gasteiger partial charge in [0.25, 0.3) is 0 Å². The van der Waals surface area contributed by atoms with Crippen LogP contribution in [-0.4, -0.2) is 44.2 Å². The van der Waals surface area contributed by atoms with Crippen molar-refractivity contribution < 1.29 is 0 Å². The molecule has 88 valence electrons. The second kappa shape index (κ2) is 5.83. The van der Waals surface area contributed by atoms with E-state index in [1.165, 1.54) is 45.3 Å². The normalized spacial score (nSPS) is 27.0. The van der Waals surface area contributed by atoms with Gasteiger partial charge in [0.15, 0.2) is 0 Å². The molecular weight excluding hydrogens is 186 g/mol. The molecule has 1 saturated carbocycles. The van der Waals surface area contributed by atoms with E-state index < -0.39 is 0 Å². The SMILES string of the molecule is NCC(CN1CCNCC1)C1CCCC1. The minimum absolute atomic E-state index is 0.755. The quantitative estimate of drug-likeness (QED) is 0.717. The zero-order valence-electron chi connectivity index (χ0n) is 9.75. The van der Waals surface area contributed by atoms with Gasteiger partial charge in [0.2, 0.25) is 0 Å². The Kier molecular flexibility index (Phi) is 4.42. The summed E-state index contributed by atoms with van der Waals surface area (Å²) < 4.78 is 0. The van der Waals surface area contributed by atoms with Crippen molar-refractivity contribution in [3.8, 4) is 0 Å². The molecule has 0 spiro atoms. The maximum atomic E-state index is 5.93. The fourth-order valence-corrected chi connectivity index (χ4v) is 3.07. The van der Waals surface area contributed by atoms with Crippen LogP contribution in [0.5, 0.6) is 0 Å². The van der Waals surface area contributed by atoms with E-state index in [4.69, 9.17) is 5.73 Å². The average Bonchev–Trinajstić information content (AvgIpc) is 2.81. The Balaban J connectivity index is 1.78. The smallest absolute Gasteiger partial charge is 0.0107 e. The second-order valence-corrected chi connectivity index (χ2v) is 5.09. The first-order valence-electron chi connectivity index (χ1n) is 6.53. The lowest BCUT2D eigenvalue weighted by molar-refractivity contribution is 0.176. The summed E-state index contributed by atoms with van der Waals surface area (Å²) in [4.78, 5) is 2.59. The molecule has 0 aromatic heterocycles. The first kappa shape index (κ1) is 11.4. The molecule has 1 unspecified atom stereocenters. The number of rotatable bonds is 4. The van der Waals surface area contributed by atoms with Gasteiger partial charge in [-0.05, 0) is 18.4 Å². The fraction of sp³-hybridized carbons (Fsp3) is 1.00. The Morgan fingerprint density at radius 1 is 1.20 bits per heavy atom. The number of hydrogen-bond acceptors (Lipinski definition) is 3. The average molecular weight is 211 g/mol. The summed E-state index contributed by atoms with van der Waals surface area (Å²) in [6.07, 6.45) is 5.72. The van der Waals surface area contributed by atoms with E-state index in [1.807, 2.05) is 0 Å². The summed E-state index contributed by atoms with van der Waals surface area (Å²) >= 11 is 0. The van der Waals surface area contributed by atoms with E-state index in [0.717, 1.165) is 31.5 Å². The molecule has 0 amide bonds. The van der Waals surface area contributed by atoms with E-state index in [1.54, 1.807) is 0 Å². The van der Waals surface area contributed by atoms with Gasteiger partial charge in [0.05, 0.1) is 0 Å². The van der Waals surface area contributed by atoms with Crippen LogP contribution < -0.4 is 11.1 Å². The highest BCUT2D eigenvalue weighted by molar-refractivity contribution is 4.80. The maximum absolute atomic E-state index is 5.93. The highest BCUT2D eigenvalue weighted by Gasteiger charge is 2.25. The molecule has 2 aliphatic rings. The third kappa shape index (κ3) is 3.16. The number of nitrogens with zero attached hydrogens (tertiary/aromatic N) is 1. The van der Waals surface area contributed by atoms with Gasteiger partial charge >= 0.3 is 0 Å². The fourth-order valence-electron chi connectivity index (χ4n) is 3.07. The van der Waals surface area contributed by atoms with Crippen LogP contribution in [0.3, 0.4) is 0 Å². The lowest BCUT2D eigenvalue weighted by Crippen LogP contribution is -2.47. The van der Waals surface area contributed by atoms with Crippen molar-refractivity contribution in [3.05, 3.63) is 0 Å². The van der Waals surface area contributed by atoms with E-state index in [0.29, 0.717) is 0 Å². The van der Waals surface area contributed by atoms with Crippen LogP contribution in [0.4, 0.5) is 0 Å². The van der Waals surface area contributed by atoms with Crippen LogP contribution in [0.2, 0.25) is 0 Å².